The molecule has 0 spiro atoms. The van der Waals surface area contributed by atoms with Gasteiger partial charge >= 0.3 is 5.97 Å². The SMILES string of the molecule is COC(=O)CC1(CS(=O)(=O)CC(=O)NCC(C)C)CC1. The average Bonchev–Trinajstić information content (AvgIpc) is 3.04. The van der Waals surface area contributed by atoms with E-state index >= 15 is 0 Å². The minimum Gasteiger partial charge on any atom is -0.469 e. The molecule has 1 fully saturated rings. The van der Waals surface area contributed by atoms with Crippen LogP contribution in [-0.2, 0) is 24.2 Å². The minimum absolute atomic E-state index is 0.107. The van der Waals surface area contributed by atoms with E-state index in [9.17, 15) is 18.0 Å². The highest BCUT2D eigenvalue weighted by molar-refractivity contribution is 7.92. The quantitative estimate of drug-likeness (QED) is 0.660. The predicted molar refractivity (Wildman–Crippen MR) is 74.8 cm³/mol. The van der Waals surface area contributed by atoms with Crippen molar-refractivity contribution in [1.82, 2.24) is 5.32 Å². The van der Waals surface area contributed by atoms with Crippen molar-refractivity contribution in [2.75, 3.05) is 25.2 Å². The molecule has 0 heterocycles. The van der Waals surface area contributed by atoms with Crippen LogP contribution in [0, 0.1) is 11.3 Å². The van der Waals surface area contributed by atoms with E-state index in [1.54, 1.807) is 0 Å². The van der Waals surface area contributed by atoms with Crippen molar-refractivity contribution >= 4 is 21.7 Å². The maximum Gasteiger partial charge on any atom is 0.306 e. The molecule has 0 aromatic heterocycles. The number of sulfone groups is 1. The van der Waals surface area contributed by atoms with Gasteiger partial charge in [0.1, 0.15) is 5.75 Å². The van der Waals surface area contributed by atoms with Crippen molar-refractivity contribution in [2.45, 2.75) is 33.1 Å². The van der Waals surface area contributed by atoms with E-state index in [1.807, 2.05) is 13.8 Å². The molecule has 1 aliphatic carbocycles. The van der Waals surface area contributed by atoms with Crippen molar-refractivity contribution in [3.63, 3.8) is 0 Å². The third-order valence-corrected chi connectivity index (χ3v) is 5.04. The Morgan fingerprint density at radius 3 is 2.35 bits per heavy atom. The Bertz CT molecular complexity index is 465. The van der Waals surface area contributed by atoms with E-state index in [0.717, 1.165) is 0 Å². The zero-order valence-corrected chi connectivity index (χ0v) is 13.1. The Kier molecular flexibility index (Phi) is 5.56. The summed E-state index contributed by atoms with van der Waals surface area (Å²) in [5.74, 6) is -1.24. The van der Waals surface area contributed by atoms with Crippen molar-refractivity contribution < 1.29 is 22.7 Å². The van der Waals surface area contributed by atoms with Gasteiger partial charge in [-0.3, -0.25) is 9.59 Å². The lowest BCUT2D eigenvalue weighted by Crippen LogP contribution is -2.35. The third-order valence-electron chi connectivity index (χ3n) is 3.29. The van der Waals surface area contributed by atoms with Gasteiger partial charge in [0.25, 0.3) is 0 Å². The number of hydrogen-bond acceptors (Lipinski definition) is 5. The molecule has 0 aromatic carbocycles. The fourth-order valence-corrected chi connectivity index (χ4v) is 3.94. The molecule has 116 valence electrons. The Balaban J connectivity index is 2.49. The molecule has 1 saturated carbocycles. The largest absolute Gasteiger partial charge is 0.469 e. The summed E-state index contributed by atoms with van der Waals surface area (Å²) in [6, 6.07) is 0. The number of methoxy groups -OCH3 is 1. The highest BCUT2D eigenvalue weighted by Gasteiger charge is 2.48. The summed E-state index contributed by atoms with van der Waals surface area (Å²) in [6.07, 6.45) is 1.49. The van der Waals surface area contributed by atoms with E-state index in [2.05, 4.69) is 10.1 Å². The summed E-state index contributed by atoms with van der Waals surface area (Å²) in [6.45, 7) is 4.33. The van der Waals surface area contributed by atoms with E-state index in [0.29, 0.717) is 19.4 Å². The van der Waals surface area contributed by atoms with Crippen LogP contribution in [0.5, 0.6) is 0 Å². The minimum atomic E-state index is -3.50. The molecule has 0 radical (unpaired) electrons. The van der Waals surface area contributed by atoms with E-state index in [1.165, 1.54) is 7.11 Å². The number of esters is 1. The molecule has 20 heavy (non-hydrogen) atoms. The molecule has 0 bridgehead atoms. The topological polar surface area (TPSA) is 89.5 Å². The fourth-order valence-electron chi connectivity index (χ4n) is 2.01. The molecular weight excluding hydrogens is 282 g/mol. The first-order valence-electron chi connectivity index (χ1n) is 6.72. The Morgan fingerprint density at radius 1 is 1.30 bits per heavy atom. The van der Waals surface area contributed by atoms with Gasteiger partial charge in [-0.25, -0.2) is 8.42 Å². The molecule has 0 saturated heterocycles. The summed E-state index contributed by atoms with van der Waals surface area (Å²) in [5.41, 5.74) is -0.510. The molecule has 0 aliphatic heterocycles. The van der Waals surface area contributed by atoms with Gasteiger partial charge in [-0.15, -0.1) is 0 Å². The lowest BCUT2D eigenvalue weighted by Gasteiger charge is -2.14. The normalized spacial score (nSPS) is 16.8. The molecule has 0 aromatic rings. The van der Waals surface area contributed by atoms with Crippen molar-refractivity contribution in [2.24, 2.45) is 11.3 Å². The predicted octanol–water partition coefficient (Wildman–Crippen LogP) is 0.517. The highest BCUT2D eigenvalue weighted by atomic mass is 32.2. The number of nitrogens with one attached hydrogen (secondary N) is 1. The van der Waals surface area contributed by atoms with Gasteiger partial charge < -0.3 is 10.1 Å². The third kappa shape index (κ3) is 5.90. The lowest BCUT2D eigenvalue weighted by atomic mass is 10.1. The molecular formula is C13H23NO5S. The number of amides is 1. The summed E-state index contributed by atoms with van der Waals surface area (Å²) in [5, 5.41) is 2.59. The van der Waals surface area contributed by atoms with Gasteiger partial charge in [-0.1, -0.05) is 13.8 Å². The summed E-state index contributed by atoms with van der Waals surface area (Å²) in [7, 11) is -2.21. The molecule has 7 heteroatoms. The first kappa shape index (κ1) is 16.9. The Morgan fingerprint density at radius 2 is 1.90 bits per heavy atom. The van der Waals surface area contributed by atoms with E-state index in [4.69, 9.17) is 0 Å². The molecule has 0 unspecified atom stereocenters. The van der Waals surface area contributed by atoms with Crippen molar-refractivity contribution in [1.29, 1.82) is 0 Å². The van der Waals surface area contributed by atoms with Crippen LogP contribution < -0.4 is 5.32 Å². The maximum absolute atomic E-state index is 12.0. The smallest absolute Gasteiger partial charge is 0.306 e. The number of carbonyl (C=O) groups excluding carboxylic acids is 2. The van der Waals surface area contributed by atoms with Crippen LogP contribution in [0.25, 0.3) is 0 Å². The number of ether oxygens (including phenoxy) is 1. The summed E-state index contributed by atoms with van der Waals surface area (Å²) < 4.78 is 28.6. The first-order valence-corrected chi connectivity index (χ1v) is 8.54. The van der Waals surface area contributed by atoms with Gasteiger partial charge in [0.2, 0.25) is 5.91 Å². The fraction of sp³-hybridized carbons (Fsp3) is 0.846. The molecule has 1 N–H and O–H groups in total. The standard InChI is InChI=1S/C13H23NO5S/c1-10(2)7-14-11(15)8-20(17,18)9-13(4-5-13)6-12(16)19-3/h10H,4-9H2,1-3H3,(H,14,15). The lowest BCUT2D eigenvalue weighted by molar-refractivity contribution is -0.141. The second-order valence-corrected chi connectivity index (χ2v) is 8.05. The van der Waals surface area contributed by atoms with E-state index < -0.39 is 32.9 Å². The number of hydrogen-bond donors (Lipinski definition) is 1. The van der Waals surface area contributed by atoms with Crippen LogP contribution in [-0.4, -0.2) is 45.5 Å². The van der Waals surface area contributed by atoms with Crippen LogP contribution in [0.3, 0.4) is 0 Å². The Hall–Kier alpha value is -1.11. The van der Waals surface area contributed by atoms with Crippen LogP contribution in [0.15, 0.2) is 0 Å². The van der Waals surface area contributed by atoms with Gasteiger partial charge in [0.05, 0.1) is 19.3 Å². The van der Waals surface area contributed by atoms with Crippen molar-refractivity contribution in [3.8, 4) is 0 Å². The van der Waals surface area contributed by atoms with Gasteiger partial charge in [0, 0.05) is 6.54 Å². The van der Waals surface area contributed by atoms with Gasteiger partial charge in [-0.2, -0.15) is 0 Å². The first-order chi connectivity index (χ1) is 9.18. The Labute approximate surface area is 120 Å². The highest BCUT2D eigenvalue weighted by Crippen LogP contribution is 2.50. The zero-order chi connectivity index (χ0) is 15.4. The zero-order valence-electron chi connectivity index (χ0n) is 12.3. The molecule has 1 aliphatic rings. The molecule has 1 rings (SSSR count). The van der Waals surface area contributed by atoms with Crippen LogP contribution >= 0.6 is 0 Å². The second kappa shape index (κ2) is 6.56. The van der Waals surface area contributed by atoms with Crippen LogP contribution in [0.2, 0.25) is 0 Å². The van der Waals surface area contributed by atoms with E-state index in [-0.39, 0.29) is 18.1 Å². The molecule has 0 atom stereocenters. The molecule has 6 nitrogen and oxygen atoms in total. The summed E-state index contributed by atoms with van der Waals surface area (Å²) in [4.78, 5) is 22.8. The monoisotopic (exact) mass is 305 g/mol. The van der Waals surface area contributed by atoms with Crippen LogP contribution in [0.4, 0.5) is 0 Å². The van der Waals surface area contributed by atoms with Crippen molar-refractivity contribution in [3.05, 3.63) is 0 Å². The maximum atomic E-state index is 12.0. The van der Waals surface area contributed by atoms with Crippen LogP contribution in [0.1, 0.15) is 33.1 Å². The average molecular weight is 305 g/mol. The van der Waals surface area contributed by atoms with Gasteiger partial charge in [-0.05, 0) is 24.2 Å². The summed E-state index contributed by atoms with van der Waals surface area (Å²) >= 11 is 0. The number of rotatable bonds is 8. The second-order valence-electron chi connectivity index (χ2n) is 5.98. The number of carbonyl (C=O) groups is 2. The molecule has 1 amide bonds. The van der Waals surface area contributed by atoms with Gasteiger partial charge in [0.15, 0.2) is 9.84 Å².